The van der Waals surface area contributed by atoms with Crippen molar-refractivity contribution in [3.63, 3.8) is 0 Å². The number of hydrogen-bond acceptors (Lipinski definition) is 3. The van der Waals surface area contributed by atoms with E-state index in [-0.39, 0.29) is 20.1 Å². The van der Waals surface area contributed by atoms with E-state index in [0.717, 1.165) is 44.9 Å². The first kappa shape index (κ1) is 20.2. The molecule has 5 rings (SSSR count). The number of para-hydroxylation sites is 1. The standard InChI is InChI=1S/C24H20N5.Ir/c1-16-12-17(2)23(18(3)13-16)29-24(25-14-27-29)20-10-7-11-21-22(20)26-15-28(21)19-8-5-4-6-9-19;/h4-9,11-15H,1-3H3;/q-1;. The third-order valence-electron chi connectivity index (χ3n) is 5.16. The molecule has 151 valence electrons. The molecule has 5 aromatic rings. The molecular weight excluding hydrogens is 551 g/mol. The third kappa shape index (κ3) is 3.28. The van der Waals surface area contributed by atoms with Crippen LogP contribution in [0.2, 0.25) is 0 Å². The summed E-state index contributed by atoms with van der Waals surface area (Å²) in [5, 5.41) is 4.54. The molecule has 0 aliphatic rings. The maximum absolute atomic E-state index is 4.70. The maximum atomic E-state index is 4.70. The third-order valence-corrected chi connectivity index (χ3v) is 5.16. The van der Waals surface area contributed by atoms with Crippen molar-refractivity contribution in [2.45, 2.75) is 20.8 Å². The molecule has 0 saturated carbocycles. The minimum Gasteiger partial charge on any atom is -0.318 e. The Morgan fingerprint density at radius 1 is 0.900 bits per heavy atom. The fourth-order valence-corrected chi connectivity index (χ4v) is 4.03. The van der Waals surface area contributed by atoms with E-state index in [2.05, 4.69) is 65.8 Å². The first-order chi connectivity index (χ1) is 14.1. The van der Waals surface area contributed by atoms with Gasteiger partial charge in [0.25, 0.3) is 0 Å². The van der Waals surface area contributed by atoms with Crippen LogP contribution in [0.5, 0.6) is 0 Å². The molecule has 0 amide bonds. The maximum Gasteiger partial charge on any atom is 0.127 e. The first-order valence-corrected chi connectivity index (χ1v) is 9.55. The van der Waals surface area contributed by atoms with E-state index in [1.54, 1.807) is 6.33 Å². The van der Waals surface area contributed by atoms with Crippen LogP contribution in [0.15, 0.2) is 67.3 Å². The molecule has 0 atom stereocenters. The number of aromatic nitrogens is 5. The molecule has 0 bridgehead atoms. The fraction of sp³-hybridized carbons (Fsp3) is 0.125. The van der Waals surface area contributed by atoms with Gasteiger partial charge in [-0.15, -0.1) is 18.2 Å². The van der Waals surface area contributed by atoms with Gasteiger partial charge in [-0.2, -0.15) is 5.10 Å². The zero-order chi connectivity index (χ0) is 20.0. The SMILES string of the molecule is Cc1cc(C)c(-n2ncnc2-c2[c-]ccc3c2ncn3-c2ccccc2)c(C)c1.[Ir]. The molecule has 0 unspecified atom stereocenters. The summed E-state index contributed by atoms with van der Waals surface area (Å²) in [6, 6.07) is 21.8. The summed E-state index contributed by atoms with van der Waals surface area (Å²) in [7, 11) is 0. The van der Waals surface area contributed by atoms with Gasteiger partial charge in [0.05, 0.1) is 17.8 Å². The number of imidazole rings is 1. The van der Waals surface area contributed by atoms with Gasteiger partial charge in [0.1, 0.15) is 6.33 Å². The Kier molecular flexibility index (Phi) is 5.37. The summed E-state index contributed by atoms with van der Waals surface area (Å²) < 4.78 is 3.98. The van der Waals surface area contributed by atoms with E-state index in [0.29, 0.717) is 0 Å². The van der Waals surface area contributed by atoms with Crippen LogP contribution in [0.1, 0.15) is 16.7 Å². The van der Waals surface area contributed by atoms with Gasteiger partial charge in [-0.05, 0) is 49.5 Å². The van der Waals surface area contributed by atoms with Crippen molar-refractivity contribution in [1.82, 2.24) is 24.3 Å². The number of hydrogen-bond donors (Lipinski definition) is 0. The van der Waals surface area contributed by atoms with E-state index >= 15 is 0 Å². The average Bonchev–Trinajstić information content (AvgIpc) is 3.35. The van der Waals surface area contributed by atoms with Gasteiger partial charge >= 0.3 is 0 Å². The largest absolute Gasteiger partial charge is 0.318 e. The molecule has 6 heteroatoms. The Hall–Kier alpha value is -3.08. The van der Waals surface area contributed by atoms with Crippen LogP contribution >= 0.6 is 0 Å². The molecular formula is C24H20IrN5-. The van der Waals surface area contributed by atoms with Crippen molar-refractivity contribution >= 4 is 11.0 Å². The predicted octanol–water partition coefficient (Wildman–Crippen LogP) is 5.00. The van der Waals surface area contributed by atoms with Gasteiger partial charge < -0.3 is 4.57 Å². The summed E-state index contributed by atoms with van der Waals surface area (Å²) in [5.74, 6) is 0.740. The van der Waals surface area contributed by atoms with Gasteiger partial charge in [-0.25, -0.2) is 0 Å². The predicted molar refractivity (Wildman–Crippen MR) is 114 cm³/mol. The Morgan fingerprint density at radius 3 is 2.37 bits per heavy atom. The van der Waals surface area contributed by atoms with Crippen molar-refractivity contribution < 1.29 is 20.1 Å². The second-order valence-corrected chi connectivity index (χ2v) is 7.28. The Balaban J connectivity index is 0.00000218. The van der Waals surface area contributed by atoms with E-state index in [1.807, 2.05) is 41.3 Å². The molecule has 2 aromatic heterocycles. The summed E-state index contributed by atoms with van der Waals surface area (Å²) in [5.41, 5.74) is 8.39. The van der Waals surface area contributed by atoms with Crippen LogP contribution in [0, 0.1) is 26.8 Å². The average molecular weight is 571 g/mol. The molecule has 0 aliphatic heterocycles. The molecule has 3 aromatic carbocycles. The summed E-state index contributed by atoms with van der Waals surface area (Å²) in [6.07, 6.45) is 3.44. The molecule has 5 nitrogen and oxygen atoms in total. The molecule has 0 N–H and O–H groups in total. The topological polar surface area (TPSA) is 48.5 Å². The summed E-state index contributed by atoms with van der Waals surface area (Å²) in [4.78, 5) is 9.27. The number of aryl methyl sites for hydroxylation is 3. The smallest absolute Gasteiger partial charge is 0.127 e. The second kappa shape index (κ2) is 7.98. The monoisotopic (exact) mass is 571 g/mol. The van der Waals surface area contributed by atoms with Crippen molar-refractivity contribution in [3.8, 4) is 22.8 Å². The number of fused-ring (bicyclic) bond motifs is 1. The zero-order valence-corrected chi connectivity index (χ0v) is 19.3. The van der Waals surface area contributed by atoms with Gasteiger partial charge in [-0.1, -0.05) is 41.5 Å². The normalized spacial score (nSPS) is 10.9. The van der Waals surface area contributed by atoms with Crippen LogP contribution in [-0.2, 0) is 20.1 Å². The summed E-state index contributed by atoms with van der Waals surface area (Å²) >= 11 is 0. The van der Waals surface area contributed by atoms with Crippen molar-refractivity contribution in [3.05, 3.63) is 90.0 Å². The molecule has 0 saturated heterocycles. The quantitative estimate of drug-likeness (QED) is 0.287. The zero-order valence-electron chi connectivity index (χ0n) is 16.9. The van der Waals surface area contributed by atoms with E-state index in [9.17, 15) is 0 Å². The molecule has 0 fully saturated rings. The fourth-order valence-electron chi connectivity index (χ4n) is 4.03. The van der Waals surface area contributed by atoms with Crippen molar-refractivity contribution in [1.29, 1.82) is 0 Å². The van der Waals surface area contributed by atoms with Gasteiger partial charge in [0.15, 0.2) is 0 Å². The molecule has 2 heterocycles. The van der Waals surface area contributed by atoms with E-state index in [4.69, 9.17) is 4.98 Å². The Labute approximate surface area is 188 Å². The van der Waals surface area contributed by atoms with Gasteiger partial charge in [-0.3, -0.25) is 14.6 Å². The van der Waals surface area contributed by atoms with Crippen molar-refractivity contribution in [2.24, 2.45) is 0 Å². The molecule has 0 spiro atoms. The summed E-state index contributed by atoms with van der Waals surface area (Å²) in [6.45, 7) is 6.32. The van der Waals surface area contributed by atoms with Crippen LogP contribution in [0.3, 0.4) is 0 Å². The van der Waals surface area contributed by atoms with Crippen LogP contribution in [0.4, 0.5) is 0 Å². The Morgan fingerprint density at radius 2 is 1.63 bits per heavy atom. The second-order valence-electron chi connectivity index (χ2n) is 7.28. The molecule has 1 radical (unpaired) electrons. The number of benzene rings is 3. The van der Waals surface area contributed by atoms with Crippen molar-refractivity contribution in [2.75, 3.05) is 0 Å². The first-order valence-electron chi connectivity index (χ1n) is 9.55. The minimum absolute atomic E-state index is 0. The molecule has 0 aliphatic carbocycles. The number of nitrogens with zero attached hydrogens (tertiary/aromatic N) is 5. The van der Waals surface area contributed by atoms with Crippen LogP contribution < -0.4 is 0 Å². The van der Waals surface area contributed by atoms with Crippen LogP contribution in [0.25, 0.3) is 33.8 Å². The van der Waals surface area contributed by atoms with Crippen LogP contribution in [-0.4, -0.2) is 24.3 Å². The van der Waals surface area contributed by atoms with E-state index < -0.39 is 0 Å². The van der Waals surface area contributed by atoms with Gasteiger partial charge in [0.2, 0.25) is 0 Å². The minimum atomic E-state index is 0. The van der Waals surface area contributed by atoms with Gasteiger partial charge in [0, 0.05) is 31.3 Å². The number of rotatable bonds is 3. The Bertz CT molecular complexity index is 1310. The van der Waals surface area contributed by atoms with E-state index in [1.165, 1.54) is 5.56 Å². The molecule has 30 heavy (non-hydrogen) atoms.